The zero-order valence-corrected chi connectivity index (χ0v) is 13.7. The molecule has 122 valence electrons. The van der Waals surface area contributed by atoms with Crippen LogP contribution in [0.15, 0.2) is 47.6 Å². The lowest BCUT2D eigenvalue weighted by molar-refractivity contribution is 0.400. The molecule has 4 rings (SSSR count). The van der Waals surface area contributed by atoms with Gasteiger partial charge in [-0.3, -0.25) is 0 Å². The Hall–Kier alpha value is -1.66. The standard InChI is InChI=1S/C17H21N3O2S/c21-23(22,19-17-10-5-13-3-1-4-16(13)17)15-8-6-14(7-9-15)20-12-2-11-18-20/h2,6-9,11-13,16-17,19H,1,3-5,10H2/t13-,16-,17-/m1/s1. The molecule has 0 amide bonds. The molecular formula is C17H21N3O2S. The quantitative estimate of drug-likeness (QED) is 0.937. The summed E-state index contributed by atoms with van der Waals surface area (Å²) >= 11 is 0. The van der Waals surface area contributed by atoms with Crippen molar-refractivity contribution in [2.45, 2.75) is 43.0 Å². The fourth-order valence-electron chi connectivity index (χ4n) is 4.17. The third-order valence-corrected chi connectivity index (χ3v) is 6.81. The lowest BCUT2D eigenvalue weighted by Crippen LogP contribution is -2.37. The van der Waals surface area contributed by atoms with Gasteiger partial charge in [0.05, 0.1) is 10.6 Å². The van der Waals surface area contributed by atoms with Gasteiger partial charge in [0.2, 0.25) is 10.0 Å². The topological polar surface area (TPSA) is 64.0 Å². The van der Waals surface area contributed by atoms with E-state index in [1.165, 1.54) is 12.8 Å². The van der Waals surface area contributed by atoms with E-state index in [4.69, 9.17) is 0 Å². The summed E-state index contributed by atoms with van der Waals surface area (Å²) in [6.07, 6.45) is 9.34. The molecule has 0 saturated heterocycles. The Bertz CT molecular complexity index is 769. The van der Waals surface area contributed by atoms with Gasteiger partial charge in [0, 0.05) is 18.4 Å². The zero-order valence-electron chi connectivity index (χ0n) is 12.9. The highest BCUT2D eigenvalue weighted by Gasteiger charge is 2.40. The van der Waals surface area contributed by atoms with Crippen LogP contribution in [0.3, 0.4) is 0 Å². The molecule has 1 N–H and O–H groups in total. The summed E-state index contributed by atoms with van der Waals surface area (Å²) in [5.74, 6) is 1.26. The second-order valence-corrected chi connectivity index (χ2v) is 8.32. The molecule has 2 aromatic rings. The fourth-order valence-corrected chi connectivity index (χ4v) is 5.50. The van der Waals surface area contributed by atoms with Gasteiger partial charge in [-0.05, 0) is 61.4 Å². The van der Waals surface area contributed by atoms with Crippen LogP contribution < -0.4 is 4.72 Å². The number of aromatic nitrogens is 2. The Morgan fingerprint density at radius 2 is 1.91 bits per heavy atom. The van der Waals surface area contributed by atoms with Crippen LogP contribution in [0.2, 0.25) is 0 Å². The largest absolute Gasteiger partial charge is 0.241 e. The van der Waals surface area contributed by atoms with Crippen LogP contribution in [0, 0.1) is 11.8 Å². The minimum atomic E-state index is -3.45. The van der Waals surface area contributed by atoms with Gasteiger partial charge in [0.15, 0.2) is 0 Å². The van der Waals surface area contributed by atoms with Crippen LogP contribution in [0.4, 0.5) is 0 Å². The first-order valence-corrected chi connectivity index (χ1v) is 9.74. The van der Waals surface area contributed by atoms with Gasteiger partial charge < -0.3 is 0 Å². The number of nitrogens with one attached hydrogen (secondary N) is 1. The zero-order chi connectivity index (χ0) is 15.9. The number of rotatable bonds is 4. The number of nitrogens with zero attached hydrogens (tertiary/aromatic N) is 2. The molecule has 2 saturated carbocycles. The molecule has 2 aliphatic carbocycles. The molecule has 2 fully saturated rings. The number of benzene rings is 1. The molecule has 1 aromatic heterocycles. The van der Waals surface area contributed by atoms with E-state index in [2.05, 4.69) is 9.82 Å². The van der Waals surface area contributed by atoms with Crippen molar-refractivity contribution in [2.75, 3.05) is 0 Å². The molecule has 2 aliphatic rings. The predicted octanol–water partition coefficient (Wildman–Crippen LogP) is 2.73. The van der Waals surface area contributed by atoms with Gasteiger partial charge in [0.25, 0.3) is 0 Å². The average Bonchev–Trinajstić information content (AvgIpc) is 3.26. The summed E-state index contributed by atoms with van der Waals surface area (Å²) in [5, 5.41) is 4.15. The summed E-state index contributed by atoms with van der Waals surface area (Å²) in [6, 6.07) is 8.83. The molecule has 0 bridgehead atoms. The Kier molecular flexibility index (Phi) is 3.73. The minimum absolute atomic E-state index is 0.110. The van der Waals surface area contributed by atoms with Crippen LogP contribution in [0.1, 0.15) is 32.1 Å². The Morgan fingerprint density at radius 1 is 1.09 bits per heavy atom. The van der Waals surface area contributed by atoms with E-state index in [-0.39, 0.29) is 6.04 Å². The number of hydrogen-bond acceptors (Lipinski definition) is 3. The van der Waals surface area contributed by atoms with Crippen molar-refractivity contribution in [1.29, 1.82) is 0 Å². The molecule has 1 aromatic carbocycles. The van der Waals surface area contributed by atoms with E-state index in [0.717, 1.165) is 30.9 Å². The molecule has 6 heteroatoms. The van der Waals surface area contributed by atoms with Crippen molar-refractivity contribution in [3.05, 3.63) is 42.7 Å². The predicted molar refractivity (Wildman–Crippen MR) is 87.7 cm³/mol. The summed E-state index contributed by atoms with van der Waals surface area (Å²) in [6.45, 7) is 0. The first-order valence-electron chi connectivity index (χ1n) is 8.26. The third kappa shape index (κ3) is 2.81. The highest BCUT2D eigenvalue weighted by atomic mass is 32.2. The SMILES string of the molecule is O=S(=O)(N[C@@H]1CC[C@H]2CCC[C@H]21)c1ccc(-n2cccn2)cc1. The van der Waals surface area contributed by atoms with Crippen molar-refractivity contribution in [3.63, 3.8) is 0 Å². The van der Waals surface area contributed by atoms with Crippen LogP contribution in [-0.4, -0.2) is 24.2 Å². The molecule has 0 aliphatic heterocycles. The number of fused-ring (bicyclic) bond motifs is 1. The molecule has 3 atom stereocenters. The average molecular weight is 331 g/mol. The molecule has 23 heavy (non-hydrogen) atoms. The smallest absolute Gasteiger partial charge is 0.240 e. The van der Waals surface area contributed by atoms with Crippen molar-refractivity contribution < 1.29 is 8.42 Å². The van der Waals surface area contributed by atoms with Gasteiger partial charge >= 0.3 is 0 Å². The normalized spacial score (nSPS) is 27.2. The lowest BCUT2D eigenvalue weighted by atomic mass is 9.98. The molecule has 0 radical (unpaired) electrons. The van der Waals surface area contributed by atoms with Crippen molar-refractivity contribution in [2.24, 2.45) is 11.8 Å². The first kappa shape index (κ1) is 14.9. The highest BCUT2D eigenvalue weighted by molar-refractivity contribution is 7.89. The van der Waals surface area contributed by atoms with Gasteiger partial charge in [-0.25, -0.2) is 17.8 Å². The maximum atomic E-state index is 12.6. The maximum absolute atomic E-state index is 12.6. The molecule has 5 nitrogen and oxygen atoms in total. The molecule has 0 unspecified atom stereocenters. The Morgan fingerprint density at radius 3 is 2.65 bits per heavy atom. The van der Waals surface area contributed by atoms with E-state index in [1.54, 1.807) is 35.1 Å². The van der Waals surface area contributed by atoms with Gasteiger partial charge in [-0.15, -0.1) is 0 Å². The van der Waals surface area contributed by atoms with Crippen molar-refractivity contribution in [3.8, 4) is 5.69 Å². The first-order chi connectivity index (χ1) is 11.1. The van der Waals surface area contributed by atoms with E-state index in [9.17, 15) is 8.42 Å². The number of sulfonamides is 1. The molecule has 1 heterocycles. The van der Waals surface area contributed by atoms with Gasteiger partial charge in [-0.1, -0.05) is 12.8 Å². The highest BCUT2D eigenvalue weighted by Crippen LogP contribution is 2.44. The summed E-state index contributed by atoms with van der Waals surface area (Å²) in [5.41, 5.74) is 0.852. The monoisotopic (exact) mass is 331 g/mol. The second kappa shape index (κ2) is 5.76. The van der Waals surface area contributed by atoms with Crippen LogP contribution in [0.25, 0.3) is 5.69 Å². The van der Waals surface area contributed by atoms with Crippen molar-refractivity contribution >= 4 is 10.0 Å². The van der Waals surface area contributed by atoms with Crippen LogP contribution in [0.5, 0.6) is 0 Å². The van der Waals surface area contributed by atoms with E-state index < -0.39 is 10.0 Å². The minimum Gasteiger partial charge on any atom is -0.241 e. The maximum Gasteiger partial charge on any atom is 0.240 e. The van der Waals surface area contributed by atoms with Crippen molar-refractivity contribution in [1.82, 2.24) is 14.5 Å². The van der Waals surface area contributed by atoms with Gasteiger partial charge in [0.1, 0.15) is 0 Å². The lowest BCUT2D eigenvalue weighted by Gasteiger charge is -2.20. The van der Waals surface area contributed by atoms with Crippen LogP contribution in [-0.2, 0) is 10.0 Å². The van der Waals surface area contributed by atoms with E-state index in [0.29, 0.717) is 10.8 Å². The molecular weight excluding hydrogens is 310 g/mol. The van der Waals surface area contributed by atoms with E-state index >= 15 is 0 Å². The Balaban J connectivity index is 1.52. The van der Waals surface area contributed by atoms with E-state index in [1.807, 2.05) is 12.3 Å². The molecule has 0 spiro atoms. The fraction of sp³-hybridized carbons (Fsp3) is 0.471. The summed E-state index contributed by atoms with van der Waals surface area (Å²) in [4.78, 5) is 0.329. The second-order valence-electron chi connectivity index (χ2n) is 6.60. The summed E-state index contributed by atoms with van der Waals surface area (Å²) < 4.78 is 29.9. The van der Waals surface area contributed by atoms with Gasteiger partial charge in [-0.2, -0.15) is 5.10 Å². The third-order valence-electron chi connectivity index (χ3n) is 5.31. The Labute approximate surface area is 136 Å². The van der Waals surface area contributed by atoms with Crippen LogP contribution >= 0.6 is 0 Å². The summed E-state index contributed by atoms with van der Waals surface area (Å²) in [7, 11) is -3.45. The number of hydrogen-bond donors (Lipinski definition) is 1.